The highest BCUT2D eigenvalue weighted by molar-refractivity contribution is 5.75. The first-order valence-electron chi connectivity index (χ1n) is 6.61. The van der Waals surface area contributed by atoms with Gasteiger partial charge in [-0.1, -0.05) is 0 Å². The van der Waals surface area contributed by atoms with E-state index < -0.39 is 10.5 Å². The second-order valence-corrected chi connectivity index (χ2v) is 5.24. The van der Waals surface area contributed by atoms with E-state index in [1.807, 2.05) is 0 Å². The van der Waals surface area contributed by atoms with Gasteiger partial charge in [0, 0.05) is 39.6 Å². The van der Waals surface area contributed by atoms with Crippen molar-refractivity contribution in [3.8, 4) is 0 Å². The van der Waals surface area contributed by atoms with Crippen molar-refractivity contribution in [2.75, 3.05) is 26.8 Å². The van der Waals surface area contributed by atoms with Crippen LogP contribution in [0.15, 0.2) is 12.4 Å². The molecule has 1 aromatic rings. The lowest BCUT2D eigenvalue weighted by atomic mass is 9.94. The Bertz CT molecular complexity index is 523. The zero-order chi connectivity index (χ0) is 15.5. The third-order valence-electron chi connectivity index (χ3n) is 3.51. The number of nitrogens with zero attached hydrogens (tertiary/aromatic N) is 4. The lowest BCUT2D eigenvalue weighted by Crippen LogP contribution is -2.48. The highest BCUT2D eigenvalue weighted by atomic mass is 16.6. The van der Waals surface area contributed by atoms with Crippen molar-refractivity contribution in [1.29, 1.82) is 0 Å². The minimum absolute atomic E-state index is 0.100. The number of hydrogen-bond acceptors (Lipinski definition) is 6. The van der Waals surface area contributed by atoms with E-state index in [4.69, 9.17) is 4.74 Å². The summed E-state index contributed by atoms with van der Waals surface area (Å²) in [7, 11) is 1.59. The van der Waals surface area contributed by atoms with Gasteiger partial charge >= 0.3 is 5.69 Å². The maximum absolute atomic E-state index is 12.1. The number of rotatable bonds is 5. The Labute approximate surface area is 121 Å². The maximum Gasteiger partial charge on any atom is 0.307 e. The minimum atomic E-state index is -0.932. The fourth-order valence-corrected chi connectivity index (χ4v) is 2.23. The molecule has 1 aliphatic rings. The molecule has 0 bridgehead atoms. The number of likely N-dealkylation sites (N-methyl/N-ethyl adjacent to an activating group) is 1. The molecular formula is C12H18N4O5. The molecule has 2 rings (SSSR count). The van der Waals surface area contributed by atoms with Crippen molar-refractivity contribution in [2.45, 2.75) is 25.0 Å². The Morgan fingerprint density at radius 1 is 1.62 bits per heavy atom. The molecule has 116 valence electrons. The van der Waals surface area contributed by atoms with Crippen LogP contribution < -0.4 is 0 Å². The topological polar surface area (TPSA) is 111 Å². The normalized spacial score (nSPS) is 17.4. The highest BCUT2D eigenvalue weighted by Gasteiger charge is 2.32. The second-order valence-electron chi connectivity index (χ2n) is 5.24. The molecule has 1 N–H and O–H groups in total. The van der Waals surface area contributed by atoms with Crippen LogP contribution in [0.4, 0.5) is 5.69 Å². The molecule has 21 heavy (non-hydrogen) atoms. The summed E-state index contributed by atoms with van der Waals surface area (Å²) in [6, 6.07) is 0. The zero-order valence-corrected chi connectivity index (χ0v) is 11.8. The number of carbonyl (C=O) groups excluding carboxylic acids is 1. The number of aliphatic hydroxyl groups is 1. The van der Waals surface area contributed by atoms with Crippen molar-refractivity contribution < 1.29 is 19.6 Å². The van der Waals surface area contributed by atoms with Gasteiger partial charge in [0.25, 0.3) is 0 Å². The predicted molar refractivity (Wildman–Crippen MR) is 71.5 cm³/mol. The molecule has 1 aliphatic heterocycles. The Kier molecular flexibility index (Phi) is 4.53. The average molecular weight is 298 g/mol. The average Bonchev–Trinajstić information content (AvgIpc) is 2.87. The molecule has 0 radical (unpaired) electrons. The van der Waals surface area contributed by atoms with Crippen molar-refractivity contribution in [3.63, 3.8) is 0 Å². The van der Waals surface area contributed by atoms with Crippen LogP contribution in [-0.4, -0.2) is 63.0 Å². The Morgan fingerprint density at radius 3 is 2.86 bits per heavy atom. The second kappa shape index (κ2) is 6.19. The van der Waals surface area contributed by atoms with Crippen molar-refractivity contribution in [2.24, 2.45) is 0 Å². The monoisotopic (exact) mass is 298 g/mol. The first kappa shape index (κ1) is 15.4. The van der Waals surface area contributed by atoms with E-state index in [0.717, 1.165) is 6.20 Å². The van der Waals surface area contributed by atoms with E-state index in [9.17, 15) is 20.0 Å². The summed E-state index contributed by atoms with van der Waals surface area (Å²) in [6.07, 6.45) is 3.27. The van der Waals surface area contributed by atoms with Gasteiger partial charge in [0.05, 0.1) is 10.5 Å². The lowest BCUT2D eigenvalue weighted by molar-refractivity contribution is -0.385. The summed E-state index contributed by atoms with van der Waals surface area (Å²) in [5.41, 5.74) is -1.09. The SMILES string of the molecule is CN(CC1(O)CCOCC1)C(=O)Cn1cc([N+](=O)[O-])cn1. The van der Waals surface area contributed by atoms with E-state index in [1.54, 1.807) is 7.05 Å². The first-order chi connectivity index (χ1) is 9.89. The van der Waals surface area contributed by atoms with Gasteiger partial charge in [-0.3, -0.25) is 19.6 Å². The van der Waals surface area contributed by atoms with Crippen LogP contribution in [0, 0.1) is 10.1 Å². The number of carbonyl (C=O) groups is 1. The quantitative estimate of drug-likeness (QED) is 0.595. The molecule has 9 heteroatoms. The largest absolute Gasteiger partial charge is 0.388 e. The van der Waals surface area contributed by atoms with Gasteiger partial charge in [-0.25, -0.2) is 0 Å². The van der Waals surface area contributed by atoms with Crippen molar-refractivity contribution in [1.82, 2.24) is 14.7 Å². The number of hydrogen-bond donors (Lipinski definition) is 1. The standard InChI is InChI=1S/C12H18N4O5/c1-14(9-12(18)2-4-21-5-3-12)11(17)8-15-7-10(6-13-15)16(19)20/h6-7,18H,2-5,8-9H2,1H3. The molecule has 1 saturated heterocycles. The van der Waals surface area contributed by atoms with Gasteiger partial charge < -0.3 is 14.7 Å². The molecular weight excluding hydrogens is 280 g/mol. The number of aromatic nitrogens is 2. The fraction of sp³-hybridized carbons (Fsp3) is 0.667. The predicted octanol–water partition coefficient (Wildman–Crippen LogP) is -0.209. The van der Waals surface area contributed by atoms with Crippen LogP contribution in [0.5, 0.6) is 0 Å². The summed E-state index contributed by atoms with van der Waals surface area (Å²) in [5, 5.41) is 24.7. The Hall–Kier alpha value is -2.00. The molecule has 2 heterocycles. The van der Waals surface area contributed by atoms with Crippen LogP contribution in [0.2, 0.25) is 0 Å². The molecule has 0 spiro atoms. The molecule has 0 atom stereocenters. The first-order valence-corrected chi connectivity index (χ1v) is 6.61. The van der Waals surface area contributed by atoms with E-state index in [0.29, 0.717) is 26.1 Å². The Balaban J connectivity index is 1.91. The van der Waals surface area contributed by atoms with Crippen LogP contribution in [0.3, 0.4) is 0 Å². The van der Waals surface area contributed by atoms with Gasteiger partial charge in [-0.15, -0.1) is 0 Å². The summed E-state index contributed by atoms with van der Waals surface area (Å²) in [5.74, 6) is -0.270. The van der Waals surface area contributed by atoms with Crippen LogP contribution in [-0.2, 0) is 16.1 Å². The summed E-state index contributed by atoms with van der Waals surface area (Å²) >= 11 is 0. The summed E-state index contributed by atoms with van der Waals surface area (Å²) < 4.78 is 6.40. The van der Waals surface area contributed by atoms with Crippen molar-refractivity contribution in [3.05, 3.63) is 22.5 Å². The third-order valence-corrected chi connectivity index (χ3v) is 3.51. The molecule has 1 amide bonds. The molecule has 9 nitrogen and oxygen atoms in total. The van der Waals surface area contributed by atoms with Gasteiger partial charge in [0.15, 0.2) is 0 Å². The van der Waals surface area contributed by atoms with Crippen molar-refractivity contribution >= 4 is 11.6 Å². The zero-order valence-electron chi connectivity index (χ0n) is 11.8. The molecule has 1 aromatic heterocycles. The van der Waals surface area contributed by atoms with Crippen LogP contribution in [0.1, 0.15) is 12.8 Å². The van der Waals surface area contributed by atoms with Crippen LogP contribution >= 0.6 is 0 Å². The molecule has 1 fully saturated rings. The van der Waals surface area contributed by atoms with Gasteiger partial charge in [0.2, 0.25) is 5.91 Å². The molecule has 0 aromatic carbocycles. The smallest absolute Gasteiger partial charge is 0.307 e. The van der Waals surface area contributed by atoms with E-state index in [2.05, 4.69) is 5.10 Å². The fourth-order valence-electron chi connectivity index (χ4n) is 2.23. The molecule has 0 aliphatic carbocycles. The third kappa shape index (κ3) is 3.99. The lowest BCUT2D eigenvalue weighted by Gasteiger charge is -2.35. The van der Waals surface area contributed by atoms with E-state index in [-0.39, 0.29) is 24.7 Å². The summed E-state index contributed by atoms with van der Waals surface area (Å²) in [6.45, 7) is 1.06. The molecule has 0 saturated carbocycles. The van der Waals surface area contributed by atoms with E-state index >= 15 is 0 Å². The number of ether oxygens (including phenoxy) is 1. The minimum Gasteiger partial charge on any atom is -0.388 e. The highest BCUT2D eigenvalue weighted by Crippen LogP contribution is 2.21. The Morgan fingerprint density at radius 2 is 2.29 bits per heavy atom. The number of nitro groups is 1. The summed E-state index contributed by atoms with van der Waals surface area (Å²) in [4.78, 5) is 23.5. The molecule has 0 unspecified atom stereocenters. The van der Waals surface area contributed by atoms with E-state index in [1.165, 1.54) is 15.8 Å². The maximum atomic E-state index is 12.1. The number of amides is 1. The van der Waals surface area contributed by atoms with Gasteiger partial charge in [-0.05, 0) is 0 Å². The van der Waals surface area contributed by atoms with Gasteiger partial charge in [-0.2, -0.15) is 5.10 Å². The van der Waals surface area contributed by atoms with Gasteiger partial charge in [0.1, 0.15) is 18.9 Å². The van der Waals surface area contributed by atoms with Crippen LogP contribution in [0.25, 0.3) is 0 Å².